The summed E-state index contributed by atoms with van der Waals surface area (Å²) >= 11 is 0. The number of nitrogens with one attached hydrogen (secondary N) is 8. The van der Waals surface area contributed by atoms with Gasteiger partial charge >= 0.3 is 17.9 Å². The van der Waals surface area contributed by atoms with Crippen molar-refractivity contribution in [1.29, 1.82) is 0 Å². The Morgan fingerprint density at radius 1 is 0.579 bits per heavy atom. The number of carboxylic acids is 3. The molecular formula is C33H47N9O15. The van der Waals surface area contributed by atoms with E-state index in [4.69, 9.17) is 15.9 Å². The maximum Gasteiger partial charge on any atom is 0.326 e. The highest BCUT2D eigenvalue weighted by molar-refractivity contribution is 5.97. The zero-order chi connectivity index (χ0) is 43.2. The van der Waals surface area contributed by atoms with Gasteiger partial charge in [0, 0.05) is 6.42 Å². The largest absolute Gasteiger partial charge is 0.481 e. The number of carbonyl (C=O) groups is 11. The molecule has 8 amide bonds. The molecule has 0 fully saturated rings. The molecule has 314 valence electrons. The van der Waals surface area contributed by atoms with E-state index >= 15 is 0 Å². The van der Waals surface area contributed by atoms with Crippen molar-refractivity contribution in [3.8, 4) is 0 Å². The Morgan fingerprint density at radius 2 is 1.11 bits per heavy atom. The van der Waals surface area contributed by atoms with E-state index in [-0.39, 0.29) is 6.42 Å². The van der Waals surface area contributed by atoms with Gasteiger partial charge in [0.25, 0.3) is 0 Å². The monoisotopic (exact) mass is 809 g/mol. The molecule has 1 aromatic rings. The van der Waals surface area contributed by atoms with Crippen LogP contribution in [0.4, 0.5) is 0 Å². The Labute approximate surface area is 324 Å². The number of hydrogen-bond acceptors (Lipinski definition) is 13. The van der Waals surface area contributed by atoms with Crippen LogP contribution in [0.3, 0.4) is 0 Å². The highest BCUT2D eigenvalue weighted by Crippen LogP contribution is 2.03. The minimum atomic E-state index is -1.78. The number of benzene rings is 1. The minimum absolute atomic E-state index is 0.215. The van der Waals surface area contributed by atoms with Crippen LogP contribution >= 0.6 is 0 Å². The first-order valence-electron chi connectivity index (χ1n) is 17.1. The van der Waals surface area contributed by atoms with Crippen molar-refractivity contribution in [2.75, 3.05) is 26.2 Å². The van der Waals surface area contributed by atoms with E-state index in [1.807, 2.05) is 10.6 Å². The van der Waals surface area contributed by atoms with Crippen LogP contribution in [0.15, 0.2) is 30.3 Å². The maximum atomic E-state index is 12.8. The molecule has 6 atom stereocenters. The van der Waals surface area contributed by atoms with Gasteiger partial charge in [0.2, 0.25) is 47.3 Å². The average Bonchev–Trinajstić information content (AvgIpc) is 3.15. The molecule has 0 bridgehead atoms. The summed E-state index contributed by atoms with van der Waals surface area (Å²) in [5.41, 5.74) is 6.71. The number of aliphatic hydroxyl groups is 1. The van der Waals surface area contributed by atoms with E-state index in [1.165, 1.54) is 6.92 Å². The lowest BCUT2D eigenvalue weighted by atomic mass is 10.1. The topological polar surface area (TPSA) is 391 Å². The molecular weight excluding hydrogens is 762 g/mol. The first kappa shape index (κ1) is 48.3. The highest BCUT2D eigenvalue weighted by atomic mass is 16.4. The third-order valence-electron chi connectivity index (χ3n) is 7.56. The first-order valence-corrected chi connectivity index (χ1v) is 17.1. The maximum absolute atomic E-state index is 12.8. The summed E-state index contributed by atoms with van der Waals surface area (Å²) in [6.45, 7) is -0.787. The normalized spacial score (nSPS) is 13.7. The standard InChI is InChI=1S/C33H47N9O15/c1-16(38-30(53)19(34)10-18-6-4-3-5-7-18)28(51)36-12-23(44)35-13-24(45)41-21(11-27(49)50)32(55)39-17(2)29(52)42-22(15-43)31(54)37-14-25(46)40-20(33(56)57)8-9-26(47)48/h3-7,16-17,19-22,43H,8-15,34H2,1-2H3,(H,35,44)(H,36,51)(H,37,54)(H,38,53)(H,39,55)(H,40,46)(H,41,45)(H,42,52)(H,47,48)(H,49,50)(H,56,57)/t16-,17-,19+,20-,21-,22-/m0/s1. The van der Waals surface area contributed by atoms with Gasteiger partial charge in [-0.25, -0.2) is 4.79 Å². The number of carboxylic acid groups (broad SMARTS) is 3. The smallest absolute Gasteiger partial charge is 0.326 e. The van der Waals surface area contributed by atoms with Gasteiger partial charge in [-0.2, -0.15) is 0 Å². The van der Waals surface area contributed by atoms with Crippen LogP contribution in [0, 0.1) is 0 Å². The molecule has 0 aromatic heterocycles. The van der Waals surface area contributed by atoms with Gasteiger partial charge in [0.1, 0.15) is 30.2 Å². The van der Waals surface area contributed by atoms with Crippen LogP contribution in [0.5, 0.6) is 0 Å². The molecule has 0 heterocycles. The number of aliphatic carboxylic acids is 3. The molecule has 24 nitrogen and oxygen atoms in total. The zero-order valence-corrected chi connectivity index (χ0v) is 30.9. The summed E-state index contributed by atoms with van der Waals surface area (Å²) in [5.74, 6) is -12.1. The van der Waals surface area contributed by atoms with Crippen molar-refractivity contribution in [1.82, 2.24) is 42.5 Å². The van der Waals surface area contributed by atoms with E-state index < -0.39 is 147 Å². The lowest BCUT2D eigenvalue weighted by molar-refractivity contribution is -0.143. The molecule has 0 radical (unpaired) electrons. The van der Waals surface area contributed by atoms with Gasteiger partial charge < -0.3 is 68.7 Å². The molecule has 0 unspecified atom stereocenters. The number of amides is 8. The van der Waals surface area contributed by atoms with Crippen molar-refractivity contribution in [3.63, 3.8) is 0 Å². The van der Waals surface area contributed by atoms with Gasteiger partial charge in [-0.05, 0) is 32.3 Å². The summed E-state index contributed by atoms with van der Waals surface area (Å²) in [4.78, 5) is 133. The molecule has 1 rings (SSSR count). The van der Waals surface area contributed by atoms with E-state index in [0.717, 1.165) is 12.5 Å². The van der Waals surface area contributed by atoms with E-state index in [0.29, 0.717) is 0 Å². The average molecular weight is 810 g/mol. The highest BCUT2D eigenvalue weighted by Gasteiger charge is 2.29. The van der Waals surface area contributed by atoms with Gasteiger partial charge in [-0.3, -0.25) is 47.9 Å². The van der Waals surface area contributed by atoms with Gasteiger partial charge in [-0.1, -0.05) is 30.3 Å². The first-order chi connectivity index (χ1) is 26.7. The predicted octanol–water partition coefficient (Wildman–Crippen LogP) is -6.21. The summed E-state index contributed by atoms with van der Waals surface area (Å²) in [6, 6.07) is 0.327. The summed E-state index contributed by atoms with van der Waals surface area (Å²) in [7, 11) is 0. The van der Waals surface area contributed by atoms with Crippen LogP contribution in [0.25, 0.3) is 0 Å². The van der Waals surface area contributed by atoms with Crippen LogP contribution in [-0.4, -0.2) is 148 Å². The second kappa shape index (κ2) is 24.7. The molecule has 57 heavy (non-hydrogen) atoms. The second-order valence-electron chi connectivity index (χ2n) is 12.3. The molecule has 0 saturated heterocycles. The molecule has 1 aromatic carbocycles. The Hall–Kier alpha value is -6.69. The van der Waals surface area contributed by atoms with Crippen molar-refractivity contribution >= 4 is 65.2 Å². The Kier molecular flexibility index (Phi) is 20.9. The minimum Gasteiger partial charge on any atom is -0.481 e. The fourth-order valence-electron chi connectivity index (χ4n) is 4.47. The van der Waals surface area contributed by atoms with Gasteiger partial charge in [-0.15, -0.1) is 0 Å². The van der Waals surface area contributed by atoms with Crippen molar-refractivity contribution in [3.05, 3.63) is 35.9 Å². The number of aliphatic hydroxyl groups excluding tert-OH is 1. The predicted molar refractivity (Wildman–Crippen MR) is 192 cm³/mol. The fourth-order valence-corrected chi connectivity index (χ4v) is 4.47. The summed E-state index contributed by atoms with van der Waals surface area (Å²) in [6.07, 6.45) is -1.78. The van der Waals surface area contributed by atoms with Crippen LogP contribution in [0.2, 0.25) is 0 Å². The van der Waals surface area contributed by atoms with Gasteiger partial charge in [0.15, 0.2) is 0 Å². The molecule has 0 aliphatic rings. The third-order valence-corrected chi connectivity index (χ3v) is 7.56. The number of carbonyl (C=O) groups excluding carboxylic acids is 8. The lowest BCUT2D eigenvalue weighted by Crippen LogP contribution is -2.58. The number of nitrogens with two attached hydrogens (primary N) is 1. The van der Waals surface area contributed by atoms with Crippen molar-refractivity contribution in [2.24, 2.45) is 5.73 Å². The Morgan fingerprint density at radius 3 is 1.67 bits per heavy atom. The van der Waals surface area contributed by atoms with Crippen LogP contribution < -0.4 is 48.3 Å². The van der Waals surface area contributed by atoms with E-state index in [1.54, 1.807) is 30.3 Å². The molecule has 0 aliphatic carbocycles. The fraction of sp³-hybridized carbons (Fsp3) is 0.485. The second-order valence-corrected chi connectivity index (χ2v) is 12.3. The van der Waals surface area contributed by atoms with Crippen LogP contribution in [0.1, 0.15) is 38.7 Å². The van der Waals surface area contributed by atoms with Crippen molar-refractivity contribution in [2.45, 2.75) is 75.8 Å². The van der Waals surface area contributed by atoms with E-state index in [9.17, 15) is 63.0 Å². The Balaban J connectivity index is 2.60. The SMILES string of the molecule is C[C@H](NC(=O)[C@H](N)Cc1ccccc1)C(=O)NCC(=O)NCC(=O)N[C@@H](CC(=O)O)C(=O)N[C@@H](C)C(=O)N[C@@H](CO)C(=O)NCC(=O)N[C@@H](CCC(=O)O)C(=O)O. The lowest BCUT2D eigenvalue weighted by Gasteiger charge is -2.22. The molecule has 24 heteroatoms. The van der Waals surface area contributed by atoms with Crippen LogP contribution in [-0.2, 0) is 59.2 Å². The molecule has 0 aliphatic heterocycles. The molecule has 14 N–H and O–H groups in total. The molecule has 0 saturated carbocycles. The Bertz CT molecular complexity index is 1640. The molecule has 0 spiro atoms. The van der Waals surface area contributed by atoms with E-state index in [2.05, 4.69) is 31.9 Å². The summed E-state index contributed by atoms with van der Waals surface area (Å²) < 4.78 is 0. The number of rotatable bonds is 25. The quantitative estimate of drug-likeness (QED) is 0.0437. The number of hydrogen-bond donors (Lipinski definition) is 13. The summed E-state index contributed by atoms with van der Waals surface area (Å²) in [5, 5.41) is 53.8. The van der Waals surface area contributed by atoms with Gasteiger partial charge in [0.05, 0.1) is 38.7 Å². The zero-order valence-electron chi connectivity index (χ0n) is 30.9. The van der Waals surface area contributed by atoms with Crippen molar-refractivity contribution < 1.29 is 73.2 Å². The third kappa shape index (κ3) is 19.5.